The van der Waals surface area contributed by atoms with Gasteiger partial charge in [-0.2, -0.15) is 0 Å². The lowest BCUT2D eigenvalue weighted by Crippen LogP contribution is -2.04. The molecule has 0 heterocycles. The minimum atomic E-state index is -1.53. The summed E-state index contributed by atoms with van der Waals surface area (Å²) in [7, 11) is -1.53. The van der Waals surface area contributed by atoms with Gasteiger partial charge in [0.05, 0.1) is 0 Å². The zero-order valence-electron chi connectivity index (χ0n) is 14.3. The van der Waals surface area contributed by atoms with Crippen molar-refractivity contribution in [2.75, 3.05) is 0 Å². The van der Waals surface area contributed by atoms with E-state index in [0.717, 1.165) is 0 Å². The fourth-order valence-corrected chi connectivity index (χ4v) is 7.56. The number of hydrogen-bond donors (Lipinski definition) is 0. The molecule has 0 N–H and O–H groups in total. The first-order valence-electron chi connectivity index (χ1n) is 8.56. The summed E-state index contributed by atoms with van der Waals surface area (Å²) in [5, 5.41) is 0. The molecular formula is C24H19IS. The van der Waals surface area contributed by atoms with Gasteiger partial charge >= 0.3 is 0 Å². The molecule has 0 atom stereocenters. The van der Waals surface area contributed by atoms with Crippen LogP contribution in [0.1, 0.15) is 0 Å². The normalized spacial score (nSPS) is 11.9. The number of halogens is 1. The standard InChI is InChI=1S/C24H19IS/c25-20-16-18-24(19-17-20)26(21-10-4-1-5-11-21,22-12-6-2-7-13-22)23-14-8-3-9-15-23/h1-19H. The second-order valence-electron chi connectivity index (χ2n) is 6.01. The van der Waals surface area contributed by atoms with Crippen molar-refractivity contribution in [3.05, 3.63) is 119 Å². The minimum absolute atomic E-state index is 1.26. The topological polar surface area (TPSA) is 0 Å². The molecule has 0 aliphatic carbocycles. The van der Waals surface area contributed by atoms with Gasteiger partial charge in [-0.25, -0.2) is 0 Å². The Balaban J connectivity index is 2.12. The summed E-state index contributed by atoms with van der Waals surface area (Å²) in [4.78, 5) is 5.44. The van der Waals surface area contributed by atoms with E-state index in [1.165, 1.54) is 23.2 Å². The molecule has 4 aromatic rings. The lowest BCUT2D eigenvalue weighted by atomic mass is 10.3. The Labute approximate surface area is 170 Å². The molecule has 0 radical (unpaired) electrons. The highest BCUT2D eigenvalue weighted by Crippen LogP contribution is 2.73. The maximum atomic E-state index is 2.38. The Kier molecular flexibility index (Phi) is 5.14. The van der Waals surface area contributed by atoms with Crippen LogP contribution in [0.15, 0.2) is 135 Å². The molecule has 0 bridgehead atoms. The maximum Gasteiger partial charge on any atom is 0.0131 e. The molecule has 0 saturated carbocycles. The molecule has 0 aromatic heterocycles. The highest BCUT2D eigenvalue weighted by molar-refractivity contribution is 14.1. The molecule has 2 heteroatoms. The molecule has 0 nitrogen and oxygen atoms in total. The fourth-order valence-electron chi connectivity index (χ4n) is 3.33. The Morgan fingerprint density at radius 1 is 0.385 bits per heavy atom. The SMILES string of the molecule is Ic1ccc(S(c2ccccc2)(c2ccccc2)c2ccccc2)cc1. The van der Waals surface area contributed by atoms with E-state index in [4.69, 9.17) is 0 Å². The monoisotopic (exact) mass is 466 g/mol. The summed E-state index contributed by atoms with van der Waals surface area (Å²) >= 11 is 2.38. The summed E-state index contributed by atoms with van der Waals surface area (Å²) in [5.74, 6) is 0. The number of hydrogen-bond acceptors (Lipinski definition) is 0. The largest absolute Gasteiger partial charge is 0.133 e. The predicted molar refractivity (Wildman–Crippen MR) is 119 cm³/mol. The van der Waals surface area contributed by atoms with E-state index in [9.17, 15) is 0 Å². The van der Waals surface area contributed by atoms with Gasteiger partial charge in [-0.05, 0) is 83.3 Å². The molecule has 0 spiro atoms. The molecule has 0 aliphatic heterocycles. The van der Waals surface area contributed by atoms with Gasteiger partial charge in [0.25, 0.3) is 0 Å². The Hall–Kier alpha value is -2.04. The summed E-state index contributed by atoms with van der Waals surface area (Å²) in [5.41, 5.74) is 0. The molecule has 0 unspecified atom stereocenters. The van der Waals surface area contributed by atoms with Crippen LogP contribution in [-0.2, 0) is 0 Å². The van der Waals surface area contributed by atoms with Crippen molar-refractivity contribution >= 4 is 32.6 Å². The van der Waals surface area contributed by atoms with Crippen LogP contribution in [0.3, 0.4) is 0 Å². The van der Waals surface area contributed by atoms with E-state index in [2.05, 4.69) is 138 Å². The maximum absolute atomic E-state index is 2.38. The average Bonchev–Trinajstić information content (AvgIpc) is 2.72. The smallest absolute Gasteiger partial charge is 0.0131 e. The third-order valence-corrected chi connectivity index (χ3v) is 9.09. The van der Waals surface area contributed by atoms with Gasteiger partial charge < -0.3 is 0 Å². The summed E-state index contributed by atoms with van der Waals surface area (Å²) < 4.78 is 1.26. The first-order chi connectivity index (χ1) is 12.8. The summed E-state index contributed by atoms with van der Waals surface area (Å²) in [6.07, 6.45) is 0. The fraction of sp³-hybridized carbons (Fsp3) is 0. The zero-order chi connectivity index (χ0) is 17.8. The van der Waals surface area contributed by atoms with Crippen molar-refractivity contribution in [2.45, 2.75) is 19.6 Å². The third-order valence-electron chi connectivity index (χ3n) is 4.46. The number of rotatable bonds is 4. The highest BCUT2D eigenvalue weighted by Gasteiger charge is 2.32. The summed E-state index contributed by atoms with van der Waals surface area (Å²) in [6, 6.07) is 41.8. The Morgan fingerprint density at radius 2 is 0.692 bits per heavy atom. The van der Waals surface area contributed by atoms with Crippen LogP contribution in [0.2, 0.25) is 0 Å². The molecular weight excluding hydrogens is 447 g/mol. The van der Waals surface area contributed by atoms with Crippen LogP contribution in [0.4, 0.5) is 0 Å². The molecule has 26 heavy (non-hydrogen) atoms. The van der Waals surface area contributed by atoms with Crippen LogP contribution >= 0.6 is 32.6 Å². The Morgan fingerprint density at radius 3 is 1.04 bits per heavy atom. The van der Waals surface area contributed by atoms with E-state index in [-0.39, 0.29) is 0 Å². The van der Waals surface area contributed by atoms with Crippen molar-refractivity contribution in [3.8, 4) is 0 Å². The number of benzene rings is 4. The van der Waals surface area contributed by atoms with Crippen LogP contribution in [0, 0.1) is 3.57 Å². The van der Waals surface area contributed by atoms with Crippen LogP contribution in [-0.4, -0.2) is 0 Å². The average molecular weight is 466 g/mol. The highest BCUT2D eigenvalue weighted by atomic mass is 127. The van der Waals surface area contributed by atoms with Crippen LogP contribution in [0.5, 0.6) is 0 Å². The molecule has 4 aromatic carbocycles. The Bertz CT molecular complexity index is 868. The molecule has 0 amide bonds. The lowest BCUT2D eigenvalue weighted by molar-refractivity contribution is 1.24. The van der Waals surface area contributed by atoms with Crippen molar-refractivity contribution in [1.82, 2.24) is 0 Å². The van der Waals surface area contributed by atoms with Crippen LogP contribution < -0.4 is 0 Å². The van der Waals surface area contributed by atoms with Gasteiger partial charge in [0.15, 0.2) is 0 Å². The predicted octanol–water partition coefficient (Wildman–Crippen LogP) is 7.63. The second-order valence-corrected chi connectivity index (χ2v) is 10.4. The van der Waals surface area contributed by atoms with Gasteiger partial charge in [0, 0.05) is 23.2 Å². The molecule has 4 rings (SSSR count). The van der Waals surface area contributed by atoms with Gasteiger partial charge in [-0.15, -0.1) is 10.0 Å². The van der Waals surface area contributed by atoms with E-state index in [1.807, 2.05) is 0 Å². The van der Waals surface area contributed by atoms with Gasteiger partial charge in [-0.1, -0.05) is 54.6 Å². The minimum Gasteiger partial charge on any atom is -0.133 e. The first kappa shape index (κ1) is 17.4. The van der Waals surface area contributed by atoms with Crippen molar-refractivity contribution in [1.29, 1.82) is 0 Å². The first-order valence-corrected chi connectivity index (χ1v) is 11.3. The van der Waals surface area contributed by atoms with Crippen molar-refractivity contribution < 1.29 is 0 Å². The molecule has 0 saturated heterocycles. The van der Waals surface area contributed by atoms with E-state index in [1.54, 1.807) is 0 Å². The summed E-state index contributed by atoms with van der Waals surface area (Å²) in [6.45, 7) is 0. The second kappa shape index (κ2) is 7.68. The van der Waals surface area contributed by atoms with E-state index >= 15 is 0 Å². The van der Waals surface area contributed by atoms with Crippen molar-refractivity contribution in [2.24, 2.45) is 0 Å². The zero-order valence-corrected chi connectivity index (χ0v) is 17.2. The van der Waals surface area contributed by atoms with Crippen LogP contribution in [0.25, 0.3) is 0 Å². The van der Waals surface area contributed by atoms with E-state index in [0.29, 0.717) is 0 Å². The molecule has 128 valence electrons. The third kappa shape index (κ3) is 3.08. The van der Waals surface area contributed by atoms with E-state index < -0.39 is 10.0 Å². The van der Waals surface area contributed by atoms with Gasteiger partial charge in [0.2, 0.25) is 0 Å². The molecule has 0 fully saturated rings. The van der Waals surface area contributed by atoms with Crippen molar-refractivity contribution in [3.63, 3.8) is 0 Å². The molecule has 0 aliphatic rings. The quantitative estimate of drug-likeness (QED) is 0.271. The lowest BCUT2D eigenvalue weighted by Gasteiger charge is -2.42. The van der Waals surface area contributed by atoms with Gasteiger partial charge in [0.1, 0.15) is 0 Å². The van der Waals surface area contributed by atoms with Gasteiger partial charge in [-0.3, -0.25) is 0 Å².